The molecule has 1 aliphatic rings. The average Bonchev–Trinajstić information content (AvgIpc) is 2.26. The van der Waals surface area contributed by atoms with Crippen molar-refractivity contribution in [1.82, 2.24) is 5.32 Å². The standard InChI is InChI=1S/C6H11F2NO2S.ClH/c7-6(8)3-9-5-1-2-12(10,11)4-5;/h5-6,9H,1-4H2;1H. The lowest BCUT2D eigenvalue weighted by Crippen LogP contribution is -2.33. The van der Waals surface area contributed by atoms with E-state index in [9.17, 15) is 17.2 Å². The molecule has 1 rings (SSSR count). The normalized spacial score (nSPS) is 25.9. The third kappa shape index (κ3) is 4.73. The summed E-state index contributed by atoms with van der Waals surface area (Å²) in [5.74, 6) is 0.119. The molecule has 1 N–H and O–H groups in total. The van der Waals surface area contributed by atoms with Gasteiger partial charge < -0.3 is 5.32 Å². The molecule has 0 aromatic rings. The van der Waals surface area contributed by atoms with Crippen LogP contribution in [0.3, 0.4) is 0 Å². The summed E-state index contributed by atoms with van der Waals surface area (Å²) in [6, 6.07) is -0.274. The molecular weight excluding hydrogens is 224 g/mol. The fourth-order valence-electron chi connectivity index (χ4n) is 1.21. The van der Waals surface area contributed by atoms with E-state index in [0.29, 0.717) is 6.42 Å². The highest BCUT2D eigenvalue weighted by molar-refractivity contribution is 7.91. The Kier molecular flexibility index (Phi) is 5.09. The van der Waals surface area contributed by atoms with Crippen LogP contribution in [0.1, 0.15) is 6.42 Å². The van der Waals surface area contributed by atoms with Crippen molar-refractivity contribution in [3.8, 4) is 0 Å². The summed E-state index contributed by atoms with van der Waals surface area (Å²) in [5, 5.41) is 2.51. The molecule has 1 aliphatic heterocycles. The maximum atomic E-state index is 11.7. The third-order valence-electron chi connectivity index (χ3n) is 1.79. The van der Waals surface area contributed by atoms with Gasteiger partial charge in [0.25, 0.3) is 6.43 Å². The first-order chi connectivity index (χ1) is 5.49. The van der Waals surface area contributed by atoms with Crippen molar-refractivity contribution in [3.63, 3.8) is 0 Å². The SMILES string of the molecule is Cl.O=S1(=O)CCC(NCC(F)F)C1. The Morgan fingerprint density at radius 3 is 2.46 bits per heavy atom. The second-order valence-electron chi connectivity index (χ2n) is 2.90. The number of alkyl halides is 2. The van der Waals surface area contributed by atoms with Gasteiger partial charge in [0.15, 0.2) is 9.84 Å². The number of hydrogen-bond donors (Lipinski definition) is 1. The Balaban J connectivity index is 0.00000144. The van der Waals surface area contributed by atoms with Crippen LogP contribution in [-0.2, 0) is 9.84 Å². The highest BCUT2D eigenvalue weighted by Gasteiger charge is 2.27. The van der Waals surface area contributed by atoms with Crippen LogP contribution in [0.5, 0.6) is 0 Å². The smallest absolute Gasteiger partial charge is 0.250 e. The predicted octanol–water partition coefficient (Wildman–Crippen LogP) is 0.450. The van der Waals surface area contributed by atoms with Crippen LogP contribution in [0, 0.1) is 0 Å². The molecule has 80 valence electrons. The van der Waals surface area contributed by atoms with Crippen molar-refractivity contribution in [1.29, 1.82) is 0 Å². The fourth-order valence-corrected chi connectivity index (χ4v) is 2.92. The van der Waals surface area contributed by atoms with Gasteiger partial charge in [0, 0.05) is 6.04 Å². The summed E-state index contributed by atoms with van der Waals surface area (Å²) >= 11 is 0. The summed E-state index contributed by atoms with van der Waals surface area (Å²) in [6.07, 6.45) is -1.96. The molecular formula is C6H12ClF2NO2S. The van der Waals surface area contributed by atoms with Crippen molar-refractivity contribution in [2.24, 2.45) is 0 Å². The first kappa shape index (κ1) is 13.1. The van der Waals surface area contributed by atoms with E-state index in [1.165, 1.54) is 0 Å². The second kappa shape index (κ2) is 5.07. The highest BCUT2D eigenvalue weighted by Crippen LogP contribution is 2.11. The van der Waals surface area contributed by atoms with Crippen molar-refractivity contribution < 1.29 is 17.2 Å². The lowest BCUT2D eigenvalue weighted by Gasteiger charge is -2.08. The number of hydrogen-bond acceptors (Lipinski definition) is 3. The van der Waals surface area contributed by atoms with Crippen molar-refractivity contribution in [2.75, 3.05) is 18.1 Å². The Hall–Kier alpha value is 0.0600. The molecule has 1 heterocycles. The van der Waals surface area contributed by atoms with E-state index in [1.54, 1.807) is 0 Å². The van der Waals surface area contributed by atoms with E-state index >= 15 is 0 Å². The number of nitrogens with one attached hydrogen (secondary N) is 1. The number of rotatable bonds is 3. The van der Waals surface area contributed by atoms with E-state index in [0.717, 1.165) is 0 Å². The molecule has 7 heteroatoms. The zero-order valence-electron chi connectivity index (χ0n) is 6.87. The van der Waals surface area contributed by atoms with Crippen LogP contribution in [0.25, 0.3) is 0 Å². The van der Waals surface area contributed by atoms with Gasteiger partial charge in [-0.15, -0.1) is 12.4 Å². The van der Waals surface area contributed by atoms with Crippen LogP contribution in [0.15, 0.2) is 0 Å². The van der Waals surface area contributed by atoms with Gasteiger partial charge in [0.1, 0.15) is 0 Å². The largest absolute Gasteiger partial charge is 0.308 e. The third-order valence-corrected chi connectivity index (χ3v) is 3.56. The van der Waals surface area contributed by atoms with Gasteiger partial charge in [0.05, 0.1) is 18.1 Å². The van der Waals surface area contributed by atoms with Crippen molar-refractivity contribution >= 4 is 22.2 Å². The minimum Gasteiger partial charge on any atom is -0.308 e. The zero-order valence-corrected chi connectivity index (χ0v) is 8.51. The summed E-state index contributed by atoms with van der Waals surface area (Å²) in [7, 11) is -2.95. The quantitative estimate of drug-likeness (QED) is 0.773. The molecule has 0 bridgehead atoms. The predicted molar refractivity (Wildman–Crippen MR) is 48.3 cm³/mol. The number of sulfone groups is 1. The molecule has 0 aliphatic carbocycles. The minimum atomic E-state index is -2.95. The lowest BCUT2D eigenvalue weighted by atomic mass is 10.3. The van der Waals surface area contributed by atoms with E-state index in [-0.39, 0.29) is 30.0 Å². The molecule has 0 radical (unpaired) electrons. The molecule has 0 saturated carbocycles. The van der Waals surface area contributed by atoms with Crippen LogP contribution < -0.4 is 5.32 Å². The van der Waals surface area contributed by atoms with E-state index < -0.39 is 22.8 Å². The molecule has 0 amide bonds. The van der Waals surface area contributed by atoms with Gasteiger partial charge in [-0.25, -0.2) is 17.2 Å². The maximum Gasteiger partial charge on any atom is 0.250 e. The molecule has 0 aromatic heterocycles. The fraction of sp³-hybridized carbons (Fsp3) is 1.00. The Morgan fingerprint density at radius 2 is 2.08 bits per heavy atom. The molecule has 1 atom stereocenters. The first-order valence-electron chi connectivity index (χ1n) is 3.71. The lowest BCUT2D eigenvalue weighted by molar-refractivity contribution is 0.142. The summed E-state index contributed by atoms with van der Waals surface area (Å²) in [5.41, 5.74) is 0. The molecule has 0 spiro atoms. The topological polar surface area (TPSA) is 46.2 Å². The van der Waals surface area contributed by atoms with Gasteiger partial charge in [-0.2, -0.15) is 0 Å². The molecule has 1 unspecified atom stereocenters. The zero-order chi connectivity index (χ0) is 9.19. The van der Waals surface area contributed by atoms with Crippen LogP contribution >= 0.6 is 12.4 Å². The average molecular weight is 236 g/mol. The van der Waals surface area contributed by atoms with Gasteiger partial charge in [-0.3, -0.25) is 0 Å². The Bertz CT molecular complexity index is 245. The molecule has 3 nitrogen and oxygen atoms in total. The van der Waals surface area contributed by atoms with Crippen molar-refractivity contribution in [2.45, 2.75) is 18.9 Å². The first-order valence-corrected chi connectivity index (χ1v) is 5.54. The Morgan fingerprint density at radius 1 is 1.46 bits per heavy atom. The van der Waals surface area contributed by atoms with Gasteiger partial charge in [0.2, 0.25) is 0 Å². The minimum absolute atomic E-state index is 0. The number of halogens is 3. The van der Waals surface area contributed by atoms with Gasteiger partial charge in [-0.1, -0.05) is 0 Å². The van der Waals surface area contributed by atoms with Crippen LogP contribution in [-0.4, -0.2) is 38.9 Å². The van der Waals surface area contributed by atoms with Gasteiger partial charge >= 0.3 is 0 Å². The van der Waals surface area contributed by atoms with Gasteiger partial charge in [-0.05, 0) is 6.42 Å². The van der Waals surface area contributed by atoms with Crippen LogP contribution in [0.2, 0.25) is 0 Å². The van der Waals surface area contributed by atoms with E-state index in [2.05, 4.69) is 5.32 Å². The molecule has 0 aromatic carbocycles. The Labute approximate surface area is 82.2 Å². The maximum absolute atomic E-state index is 11.7. The second-order valence-corrected chi connectivity index (χ2v) is 5.13. The molecule has 1 fully saturated rings. The monoisotopic (exact) mass is 235 g/mol. The molecule has 1 saturated heterocycles. The molecule has 13 heavy (non-hydrogen) atoms. The van der Waals surface area contributed by atoms with E-state index in [4.69, 9.17) is 0 Å². The summed E-state index contributed by atoms with van der Waals surface area (Å²) in [6.45, 7) is -0.416. The van der Waals surface area contributed by atoms with Crippen molar-refractivity contribution in [3.05, 3.63) is 0 Å². The summed E-state index contributed by atoms with van der Waals surface area (Å²) in [4.78, 5) is 0. The van der Waals surface area contributed by atoms with Crippen LogP contribution in [0.4, 0.5) is 8.78 Å². The van der Waals surface area contributed by atoms with E-state index in [1.807, 2.05) is 0 Å². The highest BCUT2D eigenvalue weighted by atomic mass is 35.5. The summed E-state index contributed by atoms with van der Waals surface area (Å²) < 4.78 is 45.1.